The maximum atomic E-state index is 10.5. The first-order valence-corrected chi connectivity index (χ1v) is 9.62. The molecule has 0 bridgehead atoms. The molecule has 3 nitrogen and oxygen atoms in total. The Bertz CT molecular complexity index is 863. The van der Waals surface area contributed by atoms with Crippen LogP contribution in [0.3, 0.4) is 0 Å². The summed E-state index contributed by atoms with van der Waals surface area (Å²) >= 11 is 0. The van der Waals surface area contributed by atoms with Crippen LogP contribution in [0, 0.1) is 0 Å². The molecule has 0 unspecified atom stereocenters. The molecule has 0 aliphatic heterocycles. The fourth-order valence-electron chi connectivity index (χ4n) is 3.29. The fourth-order valence-corrected chi connectivity index (χ4v) is 3.29. The van der Waals surface area contributed by atoms with E-state index in [2.05, 4.69) is 54.6 Å². The molecule has 0 saturated heterocycles. The van der Waals surface area contributed by atoms with Crippen molar-refractivity contribution in [2.45, 2.75) is 45.1 Å². The van der Waals surface area contributed by atoms with Crippen LogP contribution < -0.4 is 4.74 Å². The molecule has 0 amide bonds. The van der Waals surface area contributed by atoms with Crippen molar-refractivity contribution in [3.8, 4) is 5.75 Å². The lowest BCUT2D eigenvalue weighted by atomic mass is 10.0. The van der Waals surface area contributed by atoms with Crippen molar-refractivity contribution in [1.29, 1.82) is 0 Å². The molecule has 3 aromatic rings. The van der Waals surface area contributed by atoms with Crippen LogP contribution in [0.2, 0.25) is 0 Å². The van der Waals surface area contributed by atoms with Gasteiger partial charge in [0, 0.05) is 6.42 Å². The Morgan fingerprint density at radius 1 is 0.815 bits per heavy atom. The molecule has 0 spiro atoms. The maximum absolute atomic E-state index is 10.5. The monoisotopic (exact) mass is 362 g/mol. The summed E-state index contributed by atoms with van der Waals surface area (Å²) in [5, 5.41) is 11.1. The molecule has 0 aromatic heterocycles. The van der Waals surface area contributed by atoms with Crippen molar-refractivity contribution in [3.05, 3.63) is 77.9 Å². The molecular weight excluding hydrogens is 336 g/mol. The summed E-state index contributed by atoms with van der Waals surface area (Å²) in [6.45, 7) is 0.560. The number of carboxylic acid groups (broad SMARTS) is 1. The first kappa shape index (κ1) is 19.0. The number of hydrogen-bond donors (Lipinski definition) is 1. The van der Waals surface area contributed by atoms with Crippen LogP contribution in [-0.4, -0.2) is 11.1 Å². The van der Waals surface area contributed by atoms with Crippen LogP contribution in [0.1, 0.15) is 43.2 Å². The average molecular weight is 362 g/mol. The molecule has 0 saturated carbocycles. The van der Waals surface area contributed by atoms with E-state index in [1.54, 1.807) is 0 Å². The number of hydrogen-bond acceptors (Lipinski definition) is 2. The van der Waals surface area contributed by atoms with Gasteiger partial charge in [0.1, 0.15) is 12.4 Å². The van der Waals surface area contributed by atoms with Gasteiger partial charge in [-0.2, -0.15) is 0 Å². The Balaban J connectivity index is 1.46. The molecule has 3 heteroatoms. The highest BCUT2D eigenvalue weighted by molar-refractivity contribution is 5.85. The van der Waals surface area contributed by atoms with Gasteiger partial charge in [-0.1, -0.05) is 67.4 Å². The summed E-state index contributed by atoms with van der Waals surface area (Å²) in [7, 11) is 0. The van der Waals surface area contributed by atoms with Gasteiger partial charge in [-0.25, -0.2) is 0 Å². The first-order chi connectivity index (χ1) is 13.2. The molecule has 140 valence electrons. The lowest BCUT2D eigenvalue weighted by Gasteiger charge is -2.10. The van der Waals surface area contributed by atoms with Gasteiger partial charge in [0.2, 0.25) is 0 Å². The van der Waals surface area contributed by atoms with Crippen LogP contribution in [0.15, 0.2) is 66.7 Å². The van der Waals surface area contributed by atoms with Gasteiger partial charge in [-0.3, -0.25) is 4.79 Å². The Labute approximate surface area is 160 Å². The highest BCUT2D eigenvalue weighted by Crippen LogP contribution is 2.21. The van der Waals surface area contributed by atoms with Crippen molar-refractivity contribution in [3.63, 3.8) is 0 Å². The second-order valence-corrected chi connectivity index (χ2v) is 6.88. The first-order valence-electron chi connectivity index (χ1n) is 9.62. The Kier molecular flexibility index (Phi) is 6.86. The van der Waals surface area contributed by atoms with Gasteiger partial charge in [-0.15, -0.1) is 0 Å². The third kappa shape index (κ3) is 5.85. The van der Waals surface area contributed by atoms with E-state index in [4.69, 9.17) is 9.84 Å². The minimum atomic E-state index is -0.700. The zero-order valence-electron chi connectivity index (χ0n) is 15.6. The number of carboxylic acids is 1. The Morgan fingerprint density at radius 2 is 1.56 bits per heavy atom. The molecule has 0 radical (unpaired) electrons. The summed E-state index contributed by atoms with van der Waals surface area (Å²) in [6.07, 6.45) is 5.23. The number of carbonyl (C=O) groups is 1. The Morgan fingerprint density at radius 3 is 2.37 bits per heavy atom. The lowest BCUT2D eigenvalue weighted by molar-refractivity contribution is -0.137. The predicted molar refractivity (Wildman–Crippen MR) is 109 cm³/mol. The predicted octanol–water partition coefficient (Wildman–Crippen LogP) is 6.00. The van der Waals surface area contributed by atoms with Crippen LogP contribution in [0.4, 0.5) is 0 Å². The molecule has 0 aliphatic rings. The summed E-state index contributed by atoms with van der Waals surface area (Å²) in [5.74, 6) is 0.183. The molecule has 0 heterocycles. The van der Waals surface area contributed by atoms with Gasteiger partial charge in [0.25, 0.3) is 0 Å². The average Bonchev–Trinajstić information content (AvgIpc) is 2.69. The van der Waals surface area contributed by atoms with Gasteiger partial charge < -0.3 is 9.84 Å². The number of aliphatic carboxylic acids is 1. The van der Waals surface area contributed by atoms with E-state index >= 15 is 0 Å². The fraction of sp³-hybridized carbons (Fsp3) is 0.292. The summed E-state index contributed by atoms with van der Waals surface area (Å²) in [5.41, 5.74) is 2.49. The summed E-state index contributed by atoms with van der Waals surface area (Å²) < 4.78 is 5.98. The van der Waals surface area contributed by atoms with E-state index < -0.39 is 5.97 Å². The number of unbranched alkanes of at least 4 members (excludes halogenated alkanes) is 3. The van der Waals surface area contributed by atoms with Crippen LogP contribution >= 0.6 is 0 Å². The topological polar surface area (TPSA) is 46.5 Å². The molecular formula is C24H26O3. The number of rotatable bonds is 10. The van der Waals surface area contributed by atoms with Crippen molar-refractivity contribution >= 4 is 16.7 Å². The second-order valence-electron chi connectivity index (χ2n) is 6.88. The minimum Gasteiger partial charge on any atom is -0.489 e. The molecule has 1 N–H and O–H groups in total. The van der Waals surface area contributed by atoms with Gasteiger partial charge in [-0.05, 0) is 53.3 Å². The SMILES string of the molecule is O=C(O)CCCCCCc1ccc(OCc2cccc3ccccc23)cc1. The molecule has 0 atom stereocenters. The van der Waals surface area contributed by atoms with E-state index in [0.29, 0.717) is 6.61 Å². The third-order valence-electron chi connectivity index (χ3n) is 4.80. The minimum absolute atomic E-state index is 0.280. The number of fused-ring (bicyclic) bond motifs is 1. The Hall–Kier alpha value is -2.81. The van der Waals surface area contributed by atoms with E-state index in [1.807, 2.05) is 12.1 Å². The van der Waals surface area contributed by atoms with Crippen molar-refractivity contribution < 1.29 is 14.6 Å². The highest BCUT2D eigenvalue weighted by Gasteiger charge is 2.02. The zero-order valence-corrected chi connectivity index (χ0v) is 15.6. The normalized spacial score (nSPS) is 10.8. The van der Waals surface area contributed by atoms with Gasteiger partial charge in [0.05, 0.1) is 0 Å². The van der Waals surface area contributed by atoms with Crippen LogP contribution in [0.5, 0.6) is 5.75 Å². The molecule has 0 aliphatic carbocycles. The van der Waals surface area contributed by atoms with Gasteiger partial charge >= 0.3 is 5.97 Å². The van der Waals surface area contributed by atoms with Crippen LogP contribution in [0.25, 0.3) is 10.8 Å². The number of ether oxygens (including phenoxy) is 1. The number of benzene rings is 3. The van der Waals surface area contributed by atoms with E-state index in [-0.39, 0.29) is 6.42 Å². The third-order valence-corrected chi connectivity index (χ3v) is 4.80. The van der Waals surface area contributed by atoms with Gasteiger partial charge in [0.15, 0.2) is 0 Å². The van der Waals surface area contributed by atoms with E-state index in [1.165, 1.54) is 21.9 Å². The molecule has 0 fully saturated rings. The maximum Gasteiger partial charge on any atom is 0.303 e. The standard InChI is InChI=1S/C24H26O3/c25-24(26)13-4-2-1-3-8-19-14-16-22(17-15-19)27-18-21-11-7-10-20-9-5-6-12-23(20)21/h5-7,9-12,14-17H,1-4,8,13,18H2,(H,25,26). The van der Waals surface area contributed by atoms with E-state index in [0.717, 1.165) is 37.9 Å². The van der Waals surface area contributed by atoms with Crippen LogP contribution in [-0.2, 0) is 17.8 Å². The highest BCUT2D eigenvalue weighted by atomic mass is 16.5. The smallest absolute Gasteiger partial charge is 0.303 e. The van der Waals surface area contributed by atoms with Crippen molar-refractivity contribution in [2.24, 2.45) is 0 Å². The van der Waals surface area contributed by atoms with Crippen molar-refractivity contribution in [1.82, 2.24) is 0 Å². The van der Waals surface area contributed by atoms with E-state index in [9.17, 15) is 4.79 Å². The zero-order chi connectivity index (χ0) is 18.9. The quantitative estimate of drug-likeness (QED) is 0.450. The molecule has 3 rings (SSSR count). The largest absolute Gasteiger partial charge is 0.489 e. The molecule has 3 aromatic carbocycles. The molecule has 27 heavy (non-hydrogen) atoms. The summed E-state index contributed by atoms with van der Waals surface area (Å²) in [6, 6.07) is 23.0. The second kappa shape index (κ2) is 9.77. The number of aryl methyl sites for hydroxylation is 1. The van der Waals surface area contributed by atoms with Crippen molar-refractivity contribution in [2.75, 3.05) is 0 Å². The lowest BCUT2D eigenvalue weighted by Crippen LogP contribution is -1.97. The summed E-state index contributed by atoms with van der Waals surface area (Å²) in [4.78, 5) is 10.5.